The van der Waals surface area contributed by atoms with Crippen LogP contribution in [0.15, 0.2) is 4.99 Å². The molecule has 2 atom stereocenters. The Bertz CT molecular complexity index is 384. The van der Waals surface area contributed by atoms with Crippen LogP contribution in [-0.2, 0) is 0 Å². The molecule has 0 radical (unpaired) electrons. The lowest BCUT2D eigenvalue weighted by Gasteiger charge is -2.28. The summed E-state index contributed by atoms with van der Waals surface area (Å²) in [6.07, 6.45) is 11.2. The number of aliphatic hydroxyl groups excluding tert-OH is 1. The average molecular weight is 327 g/mol. The van der Waals surface area contributed by atoms with Gasteiger partial charge in [0.2, 0.25) is 5.84 Å². The van der Waals surface area contributed by atoms with Crippen LogP contribution in [-0.4, -0.2) is 52.4 Å². The van der Waals surface area contributed by atoms with Gasteiger partial charge in [-0.3, -0.25) is 0 Å². The summed E-state index contributed by atoms with van der Waals surface area (Å²) < 4.78 is -0.158. The third-order valence-electron chi connectivity index (χ3n) is 4.79. The van der Waals surface area contributed by atoms with E-state index in [1.165, 1.54) is 44.9 Å². The summed E-state index contributed by atoms with van der Waals surface area (Å²) in [6.45, 7) is 4.78. The number of hydrogen-bond donors (Lipinski definition) is 2. The number of carboxylic acid groups (broad SMARTS) is 1. The minimum atomic E-state index is -0.877. The summed E-state index contributed by atoms with van der Waals surface area (Å²) in [6, 6.07) is 0.0335. The van der Waals surface area contributed by atoms with Crippen molar-refractivity contribution in [1.82, 2.24) is 0 Å². The van der Waals surface area contributed by atoms with Gasteiger partial charge in [-0.1, -0.05) is 58.3 Å². The Labute approximate surface area is 141 Å². The van der Waals surface area contributed by atoms with E-state index < -0.39 is 6.09 Å². The summed E-state index contributed by atoms with van der Waals surface area (Å²) in [5.41, 5.74) is 0. The van der Waals surface area contributed by atoms with Crippen molar-refractivity contribution in [1.29, 1.82) is 0 Å². The monoisotopic (exact) mass is 327 g/mol. The van der Waals surface area contributed by atoms with E-state index in [4.69, 9.17) is 0 Å². The third-order valence-corrected chi connectivity index (χ3v) is 4.79. The van der Waals surface area contributed by atoms with Crippen molar-refractivity contribution in [2.24, 2.45) is 4.99 Å². The van der Waals surface area contributed by atoms with Gasteiger partial charge in [0.25, 0.3) is 0 Å². The van der Waals surface area contributed by atoms with Gasteiger partial charge in [0.05, 0.1) is 6.61 Å². The molecule has 0 aromatic heterocycles. The van der Waals surface area contributed by atoms with Gasteiger partial charge in [-0.15, -0.1) is 0 Å². The first kappa shape index (κ1) is 20.1. The van der Waals surface area contributed by atoms with E-state index in [0.29, 0.717) is 6.54 Å². The second-order valence-electron chi connectivity index (χ2n) is 6.85. The van der Waals surface area contributed by atoms with E-state index >= 15 is 0 Å². The predicted octanol–water partition coefficient (Wildman–Crippen LogP) is 4.20. The van der Waals surface area contributed by atoms with E-state index in [0.717, 1.165) is 25.1 Å². The van der Waals surface area contributed by atoms with Crippen molar-refractivity contribution in [3.8, 4) is 0 Å². The zero-order chi connectivity index (χ0) is 17.1. The Morgan fingerprint density at radius 3 is 2.22 bits per heavy atom. The number of aliphatic imine (C=N–C) groups is 1. The van der Waals surface area contributed by atoms with E-state index in [1.807, 2.05) is 6.92 Å². The normalized spacial score (nSPS) is 24.0. The molecule has 23 heavy (non-hydrogen) atoms. The van der Waals surface area contributed by atoms with Crippen molar-refractivity contribution in [3.05, 3.63) is 0 Å². The number of aliphatic hydroxyl groups is 1. The number of hydrogen-bond acceptors (Lipinski definition) is 3. The van der Waals surface area contributed by atoms with Gasteiger partial charge in [-0.25, -0.2) is 4.99 Å². The maximum Gasteiger partial charge on any atom is 0.519 e. The minimum absolute atomic E-state index is 0.0335. The standard InChI is InChI=1S/C18H34N2O3/c1-3-4-5-6-7-8-9-10-11-12-17-19-16(2)15-20(17,13-14-21)18(22)23/h16,21H,3-15H2,1-2H3/p+1. The molecule has 0 bridgehead atoms. The lowest BCUT2D eigenvalue weighted by Crippen LogP contribution is -2.56. The van der Waals surface area contributed by atoms with Gasteiger partial charge in [0, 0.05) is 6.42 Å². The number of amides is 1. The summed E-state index contributed by atoms with van der Waals surface area (Å²) >= 11 is 0. The van der Waals surface area contributed by atoms with Crippen molar-refractivity contribution in [2.45, 2.75) is 84.1 Å². The zero-order valence-corrected chi connectivity index (χ0v) is 15.0. The molecule has 1 aliphatic rings. The number of amidine groups is 1. The van der Waals surface area contributed by atoms with Gasteiger partial charge < -0.3 is 10.2 Å². The Balaban J connectivity index is 2.29. The van der Waals surface area contributed by atoms with E-state index in [9.17, 15) is 15.0 Å². The van der Waals surface area contributed by atoms with Gasteiger partial charge >= 0.3 is 6.09 Å². The van der Waals surface area contributed by atoms with Crippen LogP contribution in [0.3, 0.4) is 0 Å². The fourth-order valence-electron chi connectivity index (χ4n) is 3.51. The minimum Gasteiger partial charge on any atom is -0.435 e. The van der Waals surface area contributed by atoms with Gasteiger partial charge in [0.15, 0.2) is 0 Å². The molecule has 0 saturated heterocycles. The molecule has 0 saturated carbocycles. The molecule has 2 unspecified atom stereocenters. The predicted molar refractivity (Wildman–Crippen MR) is 93.8 cm³/mol. The summed E-state index contributed by atoms with van der Waals surface area (Å²) in [7, 11) is 0. The highest BCUT2D eigenvalue weighted by Crippen LogP contribution is 2.24. The molecule has 134 valence electrons. The van der Waals surface area contributed by atoms with Crippen LogP contribution in [0.25, 0.3) is 0 Å². The molecule has 1 amide bonds. The number of unbranched alkanes of at least 4 members (excludes halogenated alkanes) is 8. The van der Waals surface area contributed by atoms with Crippen LogP contribution in [0.4, 0.5) is 4.79 Å². The lowest BCUT2D eigenvalue weighted by atomic mass is 10.1. The maximum atomic E-state index is 11.7. The Morgan fingerprint density at radius 1 is 1.13 bits per heavy atom. The summed E-state index contributed by atoms with van der Waals surface area (Å²) in [5.74, 6) is 0.752. The zero-order valence-electron chi connectivity index (χ0n) is 15.0. The fourth-order valence-corrected chi connectivity index (χ4v) is 3.51. The van der Waals surface area contributed by atoms with Gasteiger partial charge in [0.1, 0.15) is 19.1 Å². The van der Waals surface area contributed by atoms with E-state index in [1.54, 1.807) is 0 Å². The molecule has 1 aliphatic heterocycles. The van der Waals surface area contributed by atoms with Crippen molar-refractivity contribution in [3.63, 3.8) is 0 Å². The largest absolute Gasteiger partial charge is 0.519 e. The second kappa shape index (κ2) is 10.8. The highest BCUT2D eigenvalue weighted by Gasteiger charge is 2.47. The van der Waals surface area contributed by atoms with Crippen LogP contribution in [0.1, 0.15) is 78.1 Å². The number of nitrogens with zero attached hydrogens (tertiary/aromatic N) is 2. The van der Waals surface area contributed by atoms with Crippen molar-refractivity contribution >= 4 is 11.9 Å². The Kier molecular flexibility index (Phi) is 9.41. The number of carbonyl (C=O) groups is 1. The quantitative estimate of drug-likeness (QED) is 0.417. The van der Waals surface area contributed by atoms with Crippen molar-refractivity contribution in [2.75, 3.05) is 19.7 Å². The van der Waals surface area contributed by atoms with E-state index in [2.05, 4.69) is 11.9 Å². The highest BCUT2D eigenvalue weighted by atomic mass is 16.4. The van der Waals surface area contributed by atoms with E-state index in [-0.39, 0.29) is 23.7 Å². The van der Waals surface area contributed by atoms with Crippen LogP contribution >= 0.6 is 0 Å². The first-order valence-corrected chi connectivity index (χ1v) is 9.35. The smallest absolute Gasteiger partial charge is 0.435 e. The fraction of sp³-hybridized carbons (Fsp3) is 0.889. The molecule has 5 heteroatoms. The van der Waals surface area contributed by atoms with Crippen LogP contribution < -0.4 is 0 Å². The molecule has 0 aromatic carbocycles. The average Bonchev–Trinajstić information content (AvgIpc) is 2.83. The summed E-state index contributed by atoms with van der Waals surface area (Å²) in [5, 5.41) is 18.8. The summed E-state index contributed by atoms with van der Waals surface area (Å²) in [4.78, 5) is 16.3. The maximum absolute atomic E-state index is 11.7. The molecule has 2 N–H and O–H groups in total. The Hall–Kier alpha value is -0.940. The van der Waals surface area contributed by atoms with Crippen molar-refractivity contribution < 1.29 is 19.5 Å². The second-order valence-corrected chi connectivity index (χ2v) is 6.85. The first-order chi connectivity index (χ1) is 11.1. The van der Waals surface area contributed by atoms with Crippen LogP contribution in [0, 0.1) is 0 Å². The molecule has 5 nitrogen and oxygen atoms in total. The first-order valence-electron chi connectivity index (χ1n) is 9.35. The van der Waals surface area contributed by atoms with Crippen LogP contribution in [0.5, 0.6) is 0 Å². The SMILES string of the molecule is CCCCCCCCCCCC1=NC(C)C[N+]1(CCO)C(=O)O. The van der Waals surface area contributed by atoms with Crippen LogP contribution in [0.2, 0.25) is 0 Å². The number of rotatable bonds is 12. The molecular formula is C18H35N2O3+. The molecule has 0 aromatic rings. The molecule has 1 heterocycles. The third kappa shape index (κ3) is 6.22. The molecule has 1 rings (SSSR count). The molecule has 0 aliphatic carbocycles. The Morgan fingerprint density at radius 2 is 1.70 bits per heavy atom. The molecule has 0 fully saturated rings. The molecular weight excluding hydrogens is 292 g/mol. The van der Waals surface area contributed by atoms with Gasteiger partial charge in [-0.2, -0.15) is 9.28 Å². The van der Waals surface area contributed by atoms with Gasteiger partial charge in [-0.05, 0) is 13.3 Å². The number of quaternary nitrogens is 1. The molecule has 0 spiro atoms. The highest BCUT2D eigenvalue weighted by molar-refractivity contribution is 5.86. The topological polar surface area (TPSA) is 69.9 Å². The lowest BCUT2D eigenvalue weighted by molar-refractivity contribution is -0.763.